The van der Waals surface area contributed by atoms with Crippen LogP contribution in [0.25, 0.3) is 0 Å². The third-order valence-electron chi connectivity index (χ3n) is 4.86. The van der Waals surface area contributed by atoms with Crippen LogP contribution in [0.3, 0.4) is 0 Å². The monoisotopic (exact) mass is 388 g/mol. The number of nitrogens with one attached hydrogen (secondary N) is 1. The topological polar surface area (TPSA) is 50.8 Å². The summed E-state index contributed by atoms with van der Waals surface area (Å²) in [6.07, 6.45) is 4.90. The number of hydrogen-bond acceptors (Lipinski definition) is 4. The number of carbonyl (C=O) groups excluding carboxylic acids is 1. The van der Waals surface area contributed by atoms with Gasteiger partial charge in [-0.15, -0.1) is 11.3 Å². The molecule has 1 heterocycles. The maximum atomic E-state index is 12.5. The van der Waals surface area contributed by atoms with E-state index in [4.69, 9.17) is 9.47 Å². The fraction of sp³-hybridized carbons (Fsp3) is 0.476. The largest absolute Gasteiger partial charge is 0.493 e. The van der Waals surface area contributed by atoms with E-state index >= 15 is 0 Å². The Morgan fingerprint density at radius 3 is 2.74 bits per heavy atom. The molecule has 1 N–H and O–H groups in total. The second-order valence-corrected chi connectivity index (χ2v) is 7.79. The SMILES string of the molecule is CCN(Cc1cccs1)C(=O)NCc1ccc(OC)c(OC2CCCC2)c1. The van der Waals surface area contributed by atoms with Crippen molar-refractivity contribution in [1.82, 2.24) is 10.2 Å². The first-order chi connectivity index (χ1) is 13.2. The number of nitrogens with zero attached hydrogens (tertiary/aromatic N) is 1. The normalized spacial score (nSPS) is 14.1. The zero-order chi connectivity index (χ0) is 19.1. The summed E-state index contributed by atoms with van der Waals surface area (Å²) in [5.41, 5.74) is 1.00. The van der Waals surface area contributed by atoms with Gasteiger partial charge in [0.05, 0.1) is 19.8 Å². The quantitative estimate of drug-likeness (QED) is 0.706. The Morgan fingerprint density at radius 1 is 1.26 bits per heavy atom. The molecule has 1 fully saturated rings. The predicted molar refractivity (Wildman–Crippen MR) is 109 cm³/mol. The van der Waals surface area contributed by atoms with Crippen LogP contribution >= 0.6 is 11.3 Å². The van der Waals surface area contributed by atoms with Crippen molar-refractivity contribution in [3.8, 4) is 11.5 Å². The van der Waals surface area contributed by atoms with E-state index in [0.717, 1.165) is 29.9 Å². The molecular formula is C21H28N2O3S. The van der Waals surface area contributed by atoms with Crippen molar-refractivity contribution in [3.63, 3.8) is 0 Å². The van der Waals surface area contributed by atoms with Crippen LogP contribution in [0.4, 0.5) is 4.79 Å². The van der Waals surface area contributed by atoms with Crippen molar-refractivity contribution in [2.75, 3.05) is 13.7 Å². The van der Waals surface area contributed by atoms with Crippen molar-refractivity contribution in [3.05, 3.63) is 46.2 Å². The van der Waals surface area contributed by atoms with E-state index < -0.39 is 0 Å². The number of ether oxygens (including phenoxy) is 2. The van der Waals surface area contributed by atoms with Crippen LogP contribution in [0.5, 0.6) is 11.5 Å². The van der Waals surface area contributed by atoms with E-state index in [2.05, 4.69) is 11.4 Å². The predicted octanol–water partition coefficient (Wildman–Crippen LogP) is 4.81. The van der Waals surface area contributed by atoms with Gasteiger partial charge in [0.15, 0.2) is 11.5 Å². The summed E-state index contributed by atoms with van der Waals surface area (Å²) in [5, 5.41) is 5.05. The van der Waals surface area contributed by atoms with Gasteiger partial charge in [-0.25, -0.2) is 4.79 Å². The standard InChI is InChI=1S/C21H28N2O3S/c1-3-23(15-18-9-6-12-27-18)21(24)22-14-16-10-11-19(25-2)20(13-16)26-17-7-4-5-8-17/h6,9-13,17H,3-5,7-8,14-15H2,1-2H3,(H,22,24). The first-order valence-electron chi connectivity index (χ1n) is 9.58. The fourth-order valence-corrected chi connectivity index (χ4v) is 4.04. The molecule has 0 radical (unpaired) electrons. The Balaban J connectivity index is 1.59. The summed E-state index contributed by atoms with van der Waals surface area (Å²) in [6.45, 7) is 3.76. The van der Waals surface area contributed by atoms with Gasteiger partial charge in [0.2, 0.25) is 0 Å². The number of hydrogen-bond donors (Lipinski definition) is 1. The lowest BCUT2D eigenvalue weighted by Crippen LogP contribution is -2.38. The highest BCUT2D eigenvalue weighted by Crippen LogP contribution is 2.32. The fourth-order valence-electron chi connectivity index (χ4n) is 3.32. The van der Waals surface area contributed by atoms with Crippen molar-refractivity contribution in [2.45, 2.75) is 51.8 Å². The molecule has 3 rings (SSSR count). The minimum Gasteiger partial charge on any atom is -0.493 e. The van der Waals surface area contributed by atoms with Gasteiger partial charge in [0.1, 0.15) is 0 Å². The molecule has 0 saturated heterocycles. The highest BCUT2D eigenvalue weighted by Gasteiger charge is 2.19. The van der Waals surface area contributed by atoms with Crippen LogP contribution in [-0.2, 0) is 13.1 Å². The highest BCUT2D eigenvalue weighted by atomic mass is 32.1. The summed E-state index contributed by atoms with van der Waals surface area (Å²) in [6, 6.07) is 9.86. The van der Waals surface area contributed by atoms with Gasteiger partial charge in [-0.3, -0.25) is 0 Å². The van der Waals surface area contributed by atoms with Crippen molar-refractivity contribution in [2.24, 2.45) is 0 Å². The molecule has 6 heteroatoms. The summed E-state index contributed by atoms with van der Waals surface area (Å²) < 4.78 is 11.6. The van der Waals surface area contributed by atoms with Crippen LogP contribution in [0.15, 0.2) is 35.7 Å². The summed E-state index contributed by atoms with van der Waals surface area (Å²) in [4.78, 5) is 15.5. The summed E-state index contributed by atoms with van der Waals surface area (Å²) in [7, 11) is 1.65. The second-order valence-electron chi connectivity index (χ2n) is 6.76. The number of methoxy groups -OCH3 is 1. The van der Waals surface area contributed by atoms with Gasteiger partial charge in [-0.05, 0) is 61.7 Å². The Hall–Kier alpha value is -2.21. The number of urea groups is 1. The van der Waals surface area contributed by atoms with Gasteiger partial charge < -0.3 is 19.7 Å². The first-order valence-corrected chi connectivity index (χ1v) is 10.5. The van der Waals surface area contributed by atoms with E-state index in [0.29, 0.717) is 19.6 Å². The van der Waals surface area contributed by atoms with Crippen molar-refractivity contribution < 1.29 is 14.3 Å². The number of amides is 2. The molecule has 0 bridgehead atoms. The minimum atomic E-state index is -0.0556. The van der Waals surface area contributed by atoms with Crippen LogP contribution in [0, 0.1) is 0 Å². The molecule has 0 spiro atoms. The number of carbonyl (C=O) groups is 1. The molecule has 0 unspecified atom stereocenters. The Morgan fingerprint density at radius 2 is 2.07 bits per heavy atom. The van der Waals surface area contributed by atoms with Crippen LogP contribution in [-0.4, -0.2) is 30.7 Å². The lowest BCUT2D eigenvalue weighted by molar-refractivity contribution is 0.197. The van der Waals surface area contributed by atoms with Crippen molar-refractivity contribution >= 4 is 17.4 Å². The zero-order valence-electron chi connectivity index (χ0n) is 16.1. The Kier molecular flexibility index (Phi) is 6.98. The van der Waals surface area contributed by atoms with E-state index in [1.165, 1.54) is 17.7 Å². The smallest absolute Gasteiger partial charge is 0.317 e. The molecular weight excluding hydrogens is 360 g/mol. The molecule has 146 valence electrons. The van der Waals surface area contributed by atoms with E-state index in [1.807, 2.05) is 41.5 Å². The highest BCUT2D eigenvalue weighted by molar-refractivity contribution is 7.09. The average molecular weight is 389 g/mol. The summed E-state index contributed by atoms with van der Waals surface area (Å²) in [5.74, 6) is 1.51. The molecule has 0 atom stereocenters. The number of benzene rings is 1. The van der Waals surface area contributed by atoms with Crippen LogP contribution < -0.4 is 14.8 Å². The number of rotatable bonds is 8. The molecule has 1 aliphatic carbocycles. The van der Waals surface area contributed by atoms with Gasteiger partial charge in [0, 0.05) is 18.0 Å². The van der Waals surface area contributed by atoms with E-state index in [9.17, 15) is 4.79 Å². The molecule has 0 aliphatic heterocycles. The molecule has 1 aromatic carbocycles. The maximum absolute atomic E-state index is 12.5. The maximum Gasteiger partial charge on any atom is 0.317 e. The Labute approximate surface area is 165 Å². The van der Waals surface area contributed by atoms with E-state index in [1.54, 1.807) is 18.4 Å². The van der Waals surface area contributed by atoms with Crippen LogP contribution in [0.1, 0.15) is 43.0 Å². The number of thiophene rings is 1. The molecule has 27 heavy (non-hydrogen) atoms. The molecule has 1 saturated carbocycles. The molecule has 1 aliphatic rings. The minimum absolute atomic E-state index is 0.0556. The lowest BCUT2D eigenvalue weighted by Gasteiger charge is -2.21. The van der Waals surface area contributed by atoms with Crippen molar-refractivity contribution in [1.29, 1.82) is 0 Å². The first kappa shape index (κ1) is 19.5. The third kappa shape index (κ3) is 5.39. The molecule has 1 aromatic heterocycles. The molecule has 2 aromatic rings. The molecule has 5 nitrogen and oxygen atoms in total. The molecule has 2 amide bonds. The summed E-state index contributed by atoms with van der Waals surface area (Å²) >= 11 is 1.67. The van der Waals surface area contributed by atoms with E-state index in [-0.39, 0.29) is 12.1 Å². The Bertz CT molecular complexity index is 727. The van der Waals surface area contributed by atoms with Gasteiger partial charge >= 0.3 is 6.03 Å². The zero-order valence-corrected chi connectivity index (χ0v) is 16.9. The van der Waals surface area contributed by atoms with Crippen LogP contribution in [0.2, 0.25) is 0 Å². The van der Waals surface area contributed by atoms with Gasteiger partial charge in [-0.2, -0.15) is 0 Å². The third-order valence-corrected chi connectivity index (χ3v) is 5.72. The average Bonchev–Trinajstić information content (AvgIpc) is 3.38. The van der Waals surface area contributed by atoms with Gasteiger partial charge in [-0.1, -0.05) is 12.1 Å². The lowest BCUT2D eigenvalue weighted by atomic mass is 10.2. The second kappa shape index (κ2) is 9.65. The van der Waals surface area contributed by atoms with Gasteiger partial charge in [0.25, 0.3) is 0 Å².